The summed E-state index contributed by atoms with van der Waals surface area (Å²) in [6.45, 7) is 5.94. The van der Waals surface area contributed by atoms with E-state index in [0.717, 1.165) is 17.7 Å². The first-order valence-corrected chi connectivity index (χ1v) is 8.83. The number of ether oxygens (including phenoxy) is 3. The predicted molar refractivity (Wildman–Crippen MR) is 96.8 cm³/mol. The van der Waals surface area contributed by atoms with E-state index in [1.165, 1.54) is 0 Å². The molecule has 7 nitrogen and oxygen atoms in total. The summed E-state index contributed by atoms with van der Waals surface area (Å²) in [5.41, 5.74) is 2.44. The smallest absolute Gasteiger partial charge is 0.272 e. The topological polar surface area (TPSA) is 74.6 Å². The summed E-state index contributed by atoms with van der Waals surface area (Å²) < 4.78 is 18.4. The Kier molecular flexibility index (Phi) is 5.78. The van der Waals surface area contributed by atoms with Crippen molar-refractivity contribution in [2.45, 2.75) is 32.9 Å². The number of para-hydroxylation sites is 2. The Bertz CT molecular complexity index is 770. The molecule has 0 bridgehead atoms. The number of nitrogens with one attached hydrogen (secondary N) is 1. The highest BCUT2D eigenvalue weighted by molar-refractivity contribution is 5.94. The van der Waals surface area contributed by atoms with Gasteiger partial charge in [-0.3, -0.25) is 9.48 Å². The quantitative estimate of drug-likeness (QED) is 0.768. The molecule has 0 radical (unpaired) electrons. The van der Waals surface area contributed by atoms with Crippen LogP contribution in [0.2, 0.25) is 0 Å². The van der Waals surface area contributed by atoms with Gasteiger partial charge in [0.15, 0.2) is 17.2 Å². The van der Waals surface area contributed by atoms with Crippen LogP contribution in [0.25, 0.3) is 0 Å². The SMILES string of the molecule is COc1ccccc1OCCNC(=O)c1nn(C(C)C)c2c1COCC2. The maximum absolute atomic E-state index is 12.6. The van der Waals surface area contributed by atoms with Crippen LogP contribution in [-0.4, -0.2) is 42.6 Å². The molecule has 1 aromatic carbocycles. The fourth-order valence-electron chi connectivity index (χ4n) is 3.02. The molecule has 0 fully saturated rings. The van der Waals surface area contributed by atoms with Crippen molar-refractivity contribution in [1.82, 2.24) is 15.1 Å². The van der Waals surface area contributed by atoms with Crippen molar-refractivity contribution in [1.29, 1.82) is 0 Å². The Balaban J connectivity index is 1.60. The largest absolute Gasteiger partial charge is 0.493 e. The van der Waals surface area contributed by atoms with Crippen LogP contribution >= 0.6 is 0 Å². The van der Waals surface area contributed by atoms with Gasteiger partial charge >= 0.3 is 0 Å². The lowest BCUT2D eigenvalue weighted by Gasteiger charge is -2.16. The summed E-state index contributed by atoms with van der Waals surface area (Å²) >= 11 is 0. The van der Waals surface area contributed by atoms with Gasteiger partial charge in [0.1, 0.15) is 6.61 Å². The van der Waals surface area contributed by atoms with Crippen LogP contribution in [0.4, 0.5) is 0 Å². The molecule has 1 aliphatic rings. The van der Waals surface area contributed by atoms with Gasteiger partial charge in [-0.1, -0.05) is 12.1 Å². The lowest BCUT2D eigenvalue weighted by atomic mass is 10.1. The molecule has 7 heteroatoms. The van der Waals surface area contributed by atoms with Gasteiger partial charge in [0.2, 0.25) is 0 Å². The molecule has 1 amide bonds. The molecule has 1 N–H and O–H groups in total. The second-order valence-corrected chi connectivity index (χ2v) is 6.37. The Hall–Kier alpha value is -2.54. The molecular formula is C19H25N3O4. The zero-order valence-electron chi connectivity index (χ0n) is 15.4. The van der Waals surface area contributed by atoms with Gasteiger partial charge < -0.3 is 19.5 Å². The van der Waals surface area contributed by atoms with Gasteiger partial charge in [-0.2, -0.15) is 5.10 Å². The maximum Gasteiger partial charge on any atom is 0.272 e. The number of rotatable bonds is 7. The molecule has 1 aromatic heterocycles. The van der Waals surface area contributed by atoms with E-state index in [1.54, 1.807) is 7.11 Å². The number of hydrogen-bond acceptors (Lipinski definition) is 5. The van der Waals surface area contributed by atoms with Crippen molar-refractivity contribution in [3.8, 4) is 11.5 Å². The van der Waals surface area contributed by atoms with Crippen molar-refractivity contribution in [3.63, 3.8) is 0 Å². The predicted octanol–water partition coefficient (Wildman–Crippen LogP) is 2.35. The van der Waals surface area contributed by atoms with Crippen molar-refractivity contribution < 1.29 is 19.0 Å². The first-order chi connectivity index (χ1) is 12.6. The molecule has 2 heterocycles. The summed E-state index contributed by atoms with van der Waals surface area (Å²) in [4.78, 5) is 12.6. The normalized spacial score (nSPS) is 13.4. The molecule has 0 unspecified atom stereocenters. The molecule has 3 rings (SSSR count). The second-order valence-electron chi connectivity index (χ2n) is 6.37. The third-order valence-electron chi connectivity index (χ3n) is 4.27. The number of methoxy groups -OCH3 is 1. The zero-order chi connectivity index (χ0) is 18.5. The number of fused-ring (bicyclic) bond motifs is 1. The summed E-state index contributed by atoms with van der Waals surface area (Å²) in [5.74, 6) is 1.12. The highest BCUT2D eigenvalue weighted by atomic mass is 16.5. The number of carbonyl (C=O) groups excluding carboxylic acids is 1. The lowest BCUT2D eigenvalue weighted by molar-refractivity contribution is 0.0919. The van der Waals surface area contributed by atoms with Gasteiger partial charge in [-0.15, -0.1) is 0 Å². The van der Waals surface area contributed by atoms with Gasteiger partial charge in [0.05, 0.1) is 26.9 Å². The second kappa shape index (κ2) is 8.23. The number of amides is 1. The molecule has 0 aliphatic carbocycles. The fourth-order valence-corrected chi connectivity index (χ4v) is 3.02. The Morgan fingerprint density at radius 1 is 1.35 bits per heavy atom. The number of nitrogens with zero attached hydrogens (tertiary/aromatic N) is 2. The molecule has 0 spiro atoms. The van der Waals surface area contributed by atoms with Gasteiger partial charge in [-0.05, 0) is 26.0 Å². The number of hydrogen-bond donors (Lipinski definition) is 1. The molecule has 140 valence electrons. The number of benzene rings is 1. The van der Waals surface area contributed by atoms with Crippen LogP contribution in [0.5, 0.6) is 11.5 Å². The van der Waals surface area contributed by atoms with E-state index in [4.69, 9.17) is 14.2 Å². The van der Waals surface area contributed by atoms with Crippen LogP contribution in [0.15, 0.2) is 24.3 Å². The van der Waals surface area contributed by atoms with Crippen molar-refractivity contribution >= 4 is 5.91 Å². The van der Waals surface area contributed by atoms with E-state index in [1.807, 2.05) is 28.9 Å². The van der Waals surface area contributed by atoms with E-state index in [-0.39, 0.29) is 11.9 Å². The summed E-state index contributed by atoms with van der Waals surface area (Å²) in [6.07, 6.45) is 0.782. The molecular weight excluding hydrogens is 334 g/mol. The Morgan fingerprint density at radius 2 is 2.12 bits per heavy atom. The van der Waals surface area contributed by atoms with Gasteiger partial charge in [0, 0.05) is 23.7 Å². The average molecular weight is 359 g/mol. The van der Waals surface area contributed by atoms with Gasteiger partial charge in [-0.25, -0.2) is 0 Å². The Labute approximate surface area is 153 Å². The van der Waals surface area contributed by atoms with E-state index in [2.05, 4.69) is 24.3 Å². The van der Waals surface area contributed by atoms with E-state index in [9.17, 15) is 4.79 Å². The molecule has 2 aromatic rings. The highest BCUT2D eigenvalue weighted by Gasteiger charge is 2.26. The van der Waals surface area contributed by atoms with Crippen LogP contribution in [0.3, 0.4) is 0 Å². The minimum Gasteiger partial charge on any atom is -0.493 e. The van der Waals surface area contributed by atoms with Crippen molar-refractivity contribution in [3.05, 3.63) is 41.2 Å². The van der Waals surface area contributed by atoms with Crippen LogP contribution < -0.4 is 14.8 Å². The van der Waals surface area contributed by atoms with Crippen LogP contribution in [0, 0.1) is 0 Å². The summed E-state index contributed by atoms with van der Waals surface area (Å²) in [6, 6.07) is 7.62. The Morgan fingerprint density at radius 3 is 2.85 bits per heavy atom. The summed E-state index contributed by atoms with van der Waals surface area (Å²) in [7, 11) is 1.60. The maximum atomic E-state index is 12.6. The van der Waals surface area contributed by atoms with Crippen LogP contribution in [-0.2, 0) is 17.8 Å². The number of carbonyl (C=O) groups is 1. The van der Waals surface area contributed by atoms with Crippen molar-refractivity contribution in [2.24, 2.45) is 0 Å². The monoisotopic (exact) mass is 359 g/mol. The number of aromatic nitrogens is 2. The van der Waals surface area contributed by atoms with Crippen LogP contribution in [0.1, 0.15) is 41.6 Å². The molecule has 0 saturated carbocycles. The first kappa shape index (κ1) is 18.3. The molecule has 26 heavy (non-hydrogen) atoms. The third-order valence-corrected chi connectivity index (χ3v) is 4.27. The standard InChI is InChI=1S/C19H25N3O4/c1-13(2)22-15-8-10-25-12-14(15)18(21-22)19(23)20-9-11-26-17-7-5-4-6-16(17)24-3/h4-7,13H,8-12H2,1-3H3,(H,20,23). The minimum absolute atomic E-state index is 0.199. The highest BCUT2D eigenvalue weighted by Crippen LogP contribution is 2.26. The molecule has 0 saturated heterocycles. The lowest BCUT2D eigenvalue weighted by Crippen LogP contribution is -2.29. The fraction of sp³-hybridized carbons (Fsp3) is 0.474. The minimum atomic E-state index is -0.199. The van der Waals surface area contributed by atoms with Crippen molar-refractivity contribution in [2.75, 3.05) is 26.9 Å². The third kappa shape index (κ3) is 3.83. The first-order valence-electron chi connectivity index (χ1n) is 8.83. The summed E-state index contributed by atoms with van der Waals surface area (Å²) in [5, 5.41) is 7.39. The molecule has 1 aliphatic heterocycles. The van der Waals surface area contributed by atoms with E-state index >= 15 is 0 Å². The van der Waals surface area contributed by atoms with E-state index < -0.39 is 0 Å². The molecule has 0 atom stereocenters. The zero-order valence-corrected chi connectivity index (χ0v) is 15.4. The van der Waals surface area contributed by atoms with Gasteiger partial charge in [0.25, 0.3) is 5.91 Å². The average Bonchev–Trinajstić information content (AvgIpc) is 3.05. The van der Waals surface area contributed by atoms with E-state index in [0.29, 0.717) is 43.6 Å².